The number of morpholine rings is 1. The van der Waals surface area contributed by atoms with E-state index in [-0.39, 0.29) is 18.9 Å². The SMILES string of the molecule is Cc1ccc(OCc2cccc(C(=O)N3CCOCC3CC(=O)O)c2)cn1. The molecule has 1 atom stereocenters. The molecule has 1 aliphatic rings. The van der Waals surface area contributed by atoms with Gasteiger partial charge in [-0.15, -0.1) is 0 Å². The van der Waals surface area contributed by atoms with Gasteiger partial charge in [-0.1, -0.05) is 12.1 Å². The molecule has 1 aromatic heterocycles. The lowest BCUT2D eigenvalue weighted by molar-refractivity contribution is -0.139. The predicted molar refractivity (Wildman–Crippen MR) is 97.6 cm³/mol. The van der Waals surface area contributed by atoms with E-state index in [2.05, 4.69) is 4.98 Å². The number of carboxylic acid groups (broad SMARTS) is 1. The molecule has 1 amide bonds. The highest BCUT2D eigenvalue weighted by Gasteiger charge is 2.29. The van der Waals surface area contributed by atoms with Gasteiger partial charge in [-0.05, 0) is 36.8 Å². The van der Waals surface area contributed by atoms with Gasteiger partial charge in [0.25, 0.3) is 5.91 Å². The summed E-state index contributed by atoms with van der Waals surface area (Å²) in [6.45, 7) is 3.24. The summed E-state index contributed by atoms with van der Waals surface area (Å²) in [4.78, 5) is 29.7. The number of carbonyl (C=O) groups excluding carboxylic acids is 1. The van der Waals surface area contributed by atoms with E-state index >= 15 is 0 Å². The molecule has 7 nitrogen and oxygen atoms in total. The fourth-order valence-electron chi connectivity index (χ4n) is 2.96. The van der Waals surface area contributed by atoms with Gasteiger partial charge < -0.3 is 19.5 Å². The number of hydrogen-bond acceptors (Lipinski definition) is 5. The molecule has 0 saturated carbocycles. The van der Waals surface area contributed by atoms with Crippen LogP contribution in [0.3, 0.4) is 0 Å². The Morgan fingerprint density at radius 2 is 2.19 bits per heavy atom. The lowest BCUT2D eigenvalue weighted by Gasteiger charge is -2.35. The molecule has 0 spiro atoms. The second-order valence-electron chi connectivity index (χ2n) is 6.45. The second kappa shape index (κ2) is 8.64. The van der Waals surface area contributed by atoms with E-state index < -0.39 is 12.0 Å². The topological polar surface area (TPSA) is 89.0 Å². The molecule has 1 N–H and O–H groups in total. The Bertz CT molecular complexity index is 806. The van der Waals surface area contributed by atoms with Crippen LogP contribution in [0.2, 0.25) is 0 Å². The van der Waals surface area contributed by atoms with Crippen LogP contribution < -0.4 is 4.74 Å². The molecule has 2 heterocycles. The summed E-state index contributed by atoms with van der Waals surface area (Å²) in [7, 11) is 0. The first-order valence-electron chi connectivity index (χ1n) is 8.78. The van der Waals surface area contributed by atoms with Crippen molar-refractivity contribution in [2.24, 2.45) is 0 Å². The number of ether oxygens (including phenoxy) is 2. The van der Waals surface area contributed by atoms with Crippen molar-refractivity contribution < 1.29 is 24.2 Å². The molecule has 1 saturated heterocycles. The zero-order valence-corrected chi connectivity index (χ0v) is 15.1. The molecule has 2 aromatic rings. The molecule has 0 radical (unpaired) electrons. The summed E-state index contributed by atoms with van der Waals surface area (Å²) in [5.41, 5.74) is 2.27. The Hall–Kier alpha value is -2.93. The maximum Gasteiger partial charge on any atom is 0.305 e. The molecular formula is C20H22N2O5. The fraction of sp³-hybridized carbons (Fsp3) is 0.350. The molecule has 142 valence electrons. The van der Waals surface area contributed by atoms with Crippen molar-refractivity contribution in [2.75, 3.05) is 19.8 Å². The zero-order valence-electron chi connectivity index (χ0n) is 15.1. The van der Waals surface area contributed by atoms with Crippen LogP contribution in [0.1, 0.15) is 28.0 Å². The van der Waals surface area contributed by atoms with Crippen molar-refractivity contribution in [3.8, 4) is 5.75 Å². The van der Waals surface area contributed by atoms with E-state index in [9.17, 15) is 9.59 Å². The summed E-state index contributed by atoms with van der Waals surface area (Å²) >= 11 is 0. The normalized spacial score (nSPS) is 16.8. The maximum atomic E-state index is 12.9. The van der Waals surface area contributed by atoms with Gasteiger partial charge in [0, 0.05) is 17.8 Å². The number of pyridine rings is 1. The van der Waals surface area contributed by atoms with Crippen LogP contribution in [0.4, 0.5) is 0 Å². The summed E-state index contributed by atoms with van der Waals surface area (Å²) in [5.74, 6) is -0.479. The third-order valence-electron chi connectivity index (χ3n) is 4.36. The number of aromatic nitrogens is 1. The summed E-state index contributed by atoms with van der Waals surface area (Å²) in [6.07, 6.45) is 1.53. The highest BCUT2D eigenvalue weighted by molar-refractivity contribution is 5.95. The number of aliphatic carboxylic acids is 1. The van der Waals surface area contributed by atoms with Gasteiger partial charge in [0.05, 0.1) is 31.9 Å². The van der Waals surface area contributed by atoms with Crippen LogP contribution in [0.15, 0.2) is 42.6 Å². The fourth-order valence-corrected chi connectivity index (χ4v) is 2.96. The van der Waals surface area contributed by atoms with Gasteiger partial charge in [0.1, 0.15) is 12.4 Å². The van der Waals surface area contributed by atoms with E-state index in [1.807, 2.05) is 25.1 Å². The van der Waals surface area contributed by atoms with Gasteiger partial charge in [-0.3, -0.25) is 14.6 Å². The number of carboxylic acids is 1. The Balaban J connectivity index is 1.68. The summed E-state index contributed by atoms with van der Waals surface area (Å²) in [5, 5.41) is 9.06. The molecule has 3 rings (SSSR count). The Labute approximate surface area is 157 Å². The number of aryl methyl sites for hydroxylation is 1. The zero-order chi connectivity index (χ0) is 19.2. The summed E-state index contributed by atoms with van der Waals surface area (Å²) in [6, 6.07) is 10.4. The largest absolute Gasteiger partial charge is 0.487 e. The minimum atomic E-state index is -0.947. The number of carbonyl (C=O) groups is 2. The maximum absolute atomic E-state index is 12.9. The number of amides is 1. The molecule has 0 bridgehead atoms. The first kappa shape index (κ1) is 18.8. The first-order chi connectivity index (χ1) is 13.0. The van der Waals surface area contributed by atoms with Crippen LogP contribution in [-0.2, 0) is 16.1 Å². The van der Waals surface area contributed by atoms with Crippen LogP contribution >= 0.6 is 0 Å². The Kier molecular flexibility index (Phi) is 6.03. The monoisotopic (exact) mass is 370 g/mol. The second-order valence-corrected chi connectivity index (χ2v) is 6.45. The molecule has 1 unspecified atom stereocenters. The number of benzene rings is 1. The molecule has 1 aliphatic heterocycles. The standard InChI is InChI=1S/C20H22N2O5/c1-14-5-6-18(11-21-14)27-12-15-3-2-4-16(9-15)20(25)22-7-8-26-13-17(22)10-19(23)24/h2-6,9,11,17H,7-8,10,12-13H2,1H3,(H,23,24). The average molecular weight is 370 g/mol. The van der Waals surface area contributed by atoms with Crippen molar-refractivity contribution in [3.05, 3.63) is 59.4 Å². The van der Waals surface area contributed by atoms with Crippen LogP contribution in [-0.4, -0.2) is 52.7 Å². The Morgan fingerprint density at radius 3 is 2.93 bits per heavy atom. The van der Waals surface area contributed by atoms with E-state index in [4.69, 9.17) is 14.6 Å². The molecule has 0 aliphatic carbocycles. The number of nitrogens with zero attached hydrogens (tertiary/aromatic N) is 2. The minimum Gasteiger partial charge on any atom is -0.487 e. The highest BCUT2D eigenvalue weighted by atomic mass is 16.5. The molecule has 1 fully saturated rings. The van der Waals surface area contributed by atoms with Gasteiger partial charge in [-0.2, -0.15) is 0 Å². The van der Waals surface area contributed by atoms with E-state index in [0.29, 0.717) is 31.1 Å². The predicted octanol–water partition coefficient (Wildman–Crippen LogP) is 2.28. The third-order valence-corrected chi connectivity index (χ3v) is 4.36. The molecule has 1 aromatic carbocycles. The lowest BCUT2D eigenvalue weighted by atomic mass is 10.1. The van der Waals surface area contributed by atoms with Crippen molar-refractivity contribution in [2.45, 2.75) is 26.0 Å². The smallest absolute Gasteiger partial charge is 0.305 e. The molecule has 27 heavy (non-hydrogen) atoms. The van der Waals surface area contributed by atoms with Gasteiger partial charge >= 0.3 is 5.97 Å². The van der Waals surface area contributed by atoms with Crippen LogP contribution in [0.25, 0.3) is 0 Å². The minimum absolute atomic E-state index is 0.130. The van der Waals surface area contributed by atoms with Crippen LogP contribution in [0.5, 0.6) is 5.75 Å². The van der Waals surface area contributed by atoms with Gasteiger partial charge in [0.2, 0.25) is 0 Å². The van der Waals surface area contributed by atoms with E-state index in [1.54, 1.807) is 29.3 Å². The van der Waals surface area contributed by atoms with Gasteiger partial charge in [-0.25, -0.2) is 0 Å². The highest BCUT2D eigenvalue weighted by Crippen LogP contribution is 2.17. The quantitative estimate of drug-likeness (QED) is 0.839. The third kappa shape index (κ3) is 5.04. The Morgan fingerprint density at radius 1 is 1.33 bits per heavy atom. The number of hydrogen-bond donors (Lipinski definition) is 1. The van der Waals surface area contributed by atoms with Crippen molar-refractivity contribution in [1.82, 2.24) is 9.88 Å². The average Bonchev–Trinajstić information content (AvgIpc) is 2.67. The number of rotatable bonds is 6. The van der Waals surface area contributed by atoms with Crippen LogP contribution in [0, 0.1) is 6.92 Å². The van der Waals surface area contributed by atoms with Crippen molar-refractivity contribution in [1.29, 1.82) is 0 Å². The van der Waals surface area contributed by atoms with E-state index in [1.165, 1.54) is 0 Å². The summed E-state index contributed by atoms with van der Waals surface area (Å²) < 4.78 is 11.1. The first-order valence-corrected chi connectivity index (χ1v) is 8.78. The molecule has 7 heteroatoms. The molecular weight excluding hydrogens is 348 g/mol. The van der Waals surface area contributed by atoms with Crippen molar-refractivity contribution in [3.63, 3.8) is 0 Å². The van der Waals surface area contributed by atoms with Gasteiger partial charge in [0.15, 0.2) is 0 Å². The van der Waals surface area contributed by atoms with Crippen molar-refractivity contribution >= 4 is 11.9 Å². The van der Waals surface area contributed by atoms with E-state index in [0.717, 1.165) is 11.3 Å². The lowest BCUT2D eigenvalue weighted by Crippen LogP contribution is -2.49.